The number of nitrogens with zero attached hydrogens (tertiary/aromatic N) is 3. The van der Waals surface area contributed by atoms with E-state index >= 15 is 0 Å². The molecule has 0 heterocycles. The van der Waals surface area contributed by atoms with Gasteiger partial charge < -0.3 is 6.15 Å². The van der Waals surface area contributed by atoms with Gasteiger partial charge in [0.1, 0.15) is 0 Å². The summed E-state index contributed by atoms with van der Waals surface area (Å²) in [4.78, 5) is 33.4. The Morgan fingerprint density at radius 3 is 1.95 bits per heavy atom. The molecule has 106 valence electrons. The second kappa shape index (κ2) is 7.34. The van der Waals surface area contributed by atoms with Crippen LogP contribution in [0.4, 0.5) is 11.4 Å². The molecule has 19 heavy (non-hydrogen) atoms. The Hall–Kier alpha value is -2.13. The van der Waals surface area contributed by atoms with Crippen LogP contribution in [0.2, 0.25) is 0 Å². The fourth-order valence-corrected chi connectivity index (χ4v) is 1.17. The summed E-state index contributed by atoms with van der Waals surface area (Å²) in [5.74, 6) is -0.620. The molecule has 0 bridgehead atoms. The zero-order valence-corrected chi connectivity index (χ0v) is 11.6. The summed E-state index contributed by atoms with van der Waals surface area (Å²) < 4.78 is 0. The molecule has 12 heteroatoms. The Balaban J connectivity index is 0. The molecule has 0 aliphatic heterocycles. The van der Waals surface area contributed by atoms with Crippen molar-refractivity contribution in [3.63, 3.8) is 0 Å². The van der Waals surface area contributed by atoms with Crippen LogP contribution in [0.1, 0.15) is 5.56 Å². The van der Waals surface area contributed by atoms with Crippen molar-refractivity contribution in [3.8, 4) is 5.75 Å². The van der Waals surface area contributed by atoms with Crippen molar-refractivity contribution in [2.75, 3.05) is 0 Å². The summed E-state index contributed by atoms with van der Waals surface area (Å²) in [6.07, 6.45) is 0. The Bertz CT molecular complexity index is 520. The zero-order chi connectivity index (χ0) is 13.2. The minimum atomic E-state index is -1.22. The molecule has 0 atom stereocenters. The first-order valence-corrected chi connectivity index (χ1v) is 4.08. The van der Waals surface area contributed by atoms with E-state index in [2.05, 4.69) is 4.84 Å². The number of benzene rings is 1. The van der Waals surface area contributed by atoms with Gasteiger partial charge in [-0.15, -0.1) is 10.1 Å². The van der Waals surface area contributed by atoms with E-state index in [0.29, 0.717) is 6.07 Å². The number of nitro benzene ring substituents is 2. The zero-order valence-electron chi connectivity index (χ0n) is 9.38. The molecule has 11 nitrogen and oxygen atoms in total. The van der Waals surface area contributed by atoms with E-state index in [1.807, 2.05) is 0 Å². The van der Waals surface area contributed by atoms with E-state index in [4.69, 9.17) is 0 Å². The summed E-state index contributed by atoms with van der Waals surface area (Å²) >= 11 is 0. The summed E-state index contributed by atoms with van der Waals surface area (Å²) in [5.41, 5.74) is -1.43. The van der Waals surface area contributed by atoms with Crippen molar-refractivity contribution in [1.29, 1.82) is 0 Å². The number of rotatable bonds is 4. The molecule has 0 fully saturated rings. The monoisotopic (exact) mass is 455 g/mol. The molecular formula is C7H8N4O7Pt+2. The topological polar surface area (TPSA) is 174 Å². The normalized spacial score (nSPS) is 8.68. The minimum Gasteiger partial charge on any atom is -0.344 e. The van der Waals surface area contributed by atoms with Gasteiger partial charge in [-0.3, -0.25) is 25.1 Å². The van der Waals surface area contributed by atoms with Gasteiger partial charge in [0.05, 0.1) is 15.9 Å². The smallest absolute Gasteiger partial charge is 0.344 e. The second-order valence-corrected chi connectivity index (χ2v) is 2.94. The van der Waals surface area contributed by atoms with Crippen molar-refractivity contribution < 1.29 is 40.8 Å². The van der Waals surface area contributed by atoms with Crippen molar-refractivity contribution in [1.82, 2.24) is 6.15 Å². The maximum atomic E-state index is 10.6. The molecule has 0 amide bonds. The predicted octanol–water partition coefficient (Wildman–Crippen LogP) is 1.54. The maximum Gasteiger partial charge on any atom is 2.00 e. The number of hydrogen-bond acceptors (Lipinski definition) is 8. The van der Waals surface area contributed by atoms with E-state index in [1.54, 1.807) is 0 Å². The average Bonchev–Trinajstić information content (AvgIpc) is 2.19. The van der Waals surface area contributed by atoms with Crippen molar-refractivity contribution in [3.05, 3.63) is 48.0 Å². The fourth-order valence-electron chi connectivity index (χ4n) is 1.17. The molecular weight excluding hydrogens is 447 g/mol. The van der Waals surface area contributed by atoms with Crippen molar-refractivity contribution in [2.45, 2.75) is 6.92 Å². The van der Waals surface area contributed by atoms with Crippen LogP contribution in [-0.2, 0) is 21.1 Å². The first kappa shape index (κ1) is 19.2. The van der Waals surface area contributed by atoms with Gasteiger partial charge in [-0.05, 0) is 12.5 Å². The van der Waals surface area contributed by atoms with Gasteiger partial charge in [0, 0.05) is 6.07 Å². The molecule has 0 aliphatic rings. The molecule has 0 aromatic heterocycles. The van der Waals surface area contributed by atoms with E-state index in [9.17, 15) is 30.3 Å². The molecule has 0 saturated carbocycles. The average molecular weight is 455 g/mol. The standard InChI is InChI=1S/C7H5N3O7.H3N.Pt/c1-4-2-5(8(11)12)3-6(9(13)14)7(4)17-10(15)16;;/h2-3H,1H3;1H3;/q;;+2. The number of non-ortho nitro benzene ring substituents is 1. The van der Waals surface area contributed by atoms with Crippen LogP contribution in [0.5, 0.6) is 5.75 Å². The SMILES string of the molecule is Cc1cc([N+](=O)[O-])cc([N+](=O)[O-])c1O[N+](=O)[O-].N.[Pt+2]. The van der Waals surface area contributed by atoms with Crippen LogP contribution in [0, 0.1) is 37.3 Å². The third-order valence-electron chi connectivity index (χ3n) is 1.81. The quantitative estimate of drug-likeness (QED) is 0.526. The third-order valence-corrected chi connectivity index (χ3v) is 1.81. The van der Waals surface area contributed by atoms with Gasteiger partial charge in [0.25, 0.3) is 10.8 Å². The van der Waals surface area contributed by atoms with E-state index in [0.717, 1.165) is 6.07 Å². The Morgan fingerprint density at radius 2 is 1.58 bits per heavy atom. The van der Waals surface area contributed by atoms with E-state index in [1.165, 1.54) is 6.92 Å². The van der Waals surface area contributed by atoms with Gasteiger partial charge in [-0.25, -0.2) is 0 Å². The molecule has 0 aliphatic carbocycles. The summed E-state index contributed by atoms with van der Waals surface area (Å²) in [7, 11) is 0. The van der Waals surface area contributed by atoms with Crippen LogP contribution in [0.3, 0.4) is 0 Å². The van der Waals surface area contributed by atoms with Gasteiger partial charge in [0.15, 0.2) is 0 Å². The van der Waals surface area contributed by atoms with Gasteiger partial charge in [-0.1, -0.05) is 0 Å². The van der Waals surface area contributed by atoms with Crippen molar-refractivity contribution in [2.24, 2.45) is 0 Å². The summed E-state index contributed by atoms with van der Waals surface area (Å²) in [5, 5.41) is 30.0. The first-order valence-electron chi connectivity index (χ1n) is 4.08. The number of hydrogen-bond donors (Lipinski definition) is 1. The first-order chi connectivity index (χ1) is 7.82. The van der Waals surface area contributed by atoms with Crippen LogP contribution < -0.4 is 11.0 Å². The molecule has 0 saturated heterocycles. The van der Waals surface area contributed by atoms with Gasteiger partial charge in [-0.2, -0.15) is 0 Å². The molecule has 0 spiro atoms. The van der Waals surface area contributed by atoms with Gasteiger partial charge in [0.2, 0.25) is 5.75 Å². The molecule has 0 unspecified atom stereocenters. The van der Waals surface area contributed by atoms with E-state index < -0.39 is 32.1 Å². The summed E-state index contributed by atoms with van der Waals surface area (Å²) in [6.45, 7) is 1.23. The second-order valence-electron chi connectivity index (χ2n) is 2.94. The number of aryl methyl sites for hydroxylation is 1. The van der Waals surface area contributed by atoms with Crippen LogP contribution in [0.25, 0.3) is 0 Å². The summed E-state index contributed by atoms with van der Waals surface area (Å²) in [6, 6.07) is 1.55. The molecule has 0 radical (unpaired) electrons. The fraction of sp³-hybridized carbons (Fsp3) is 0.143. The van der Waals surface area contributed by atoms with Gasteiger partial charge >= 0.3 is 26.8 Å². The van der Waals surface area contributed by atoms with Crippen LogP contribution in [-0.4, -0.2) is 14.9 Å². The van der Waals surface area contributed by atoms with E-state index in [-0.39, 0.29) is 32.8 Å². The Kier molecular flexibility index (Phi) is 7.42. The Labute approximate surface area is 119 Å². The number of nitro groups is 2. The largest absolute Gasteiger partial charge is 2.00 e. The Morgan fingerprint density at radius 1 is 1.05 bits per heavy atom. The molecule has 1 rings (SSSR count). The predicted molar refractivity (Wildman–Crippen MR) is 57.1 cm³/mol. The van der Waals surface area contributed by atoms with Crippen LogP contribution >= 0.6 is 0 Å². The van der Waals surface area contributed by atoms with Crippen LogP contribution in [0.15, 0.2) is 12.1 Å². The maximum absolute atomic E-state index is 10.6. The molecule has 1 aromatic carbocycles. The minimum absolute atomic E-state index is 0. The molecule has 3 N–H and O–H groups in total. The third kappa shape index (κ3) is 4.56. The van der Waals surface area contributed by atoms with Crippen molar-refractivity contribution >= 4 is 11.4 Å². The molecule has 1 aromatic rings.